The fraction of sp³-hybridized carbons (Fsp3) is 0.500. The Balaban J connectivity index is 1.90. The smallest absolute Gasteiger partial charge is 0.238 e. The van der Waals surface area contributed by atoms with E-state index < -0.39 is 0 Å². The fourth-order valence-electron chi connectivity index (χ4n) is 2.38. The summed E-state index contributed by atoms with van der Waals surface area (Å²) >= 11 is 0. The van der Waals surface area contributed by atoms with Crippen molar-refractivity contribution in [3.63, 3.8) is 0 Å². The highest BCUT2D eigenvalue weighted by atomic mass is 16.2. The maximum Gasteiger partial charge on any atom is 0.238 e. The van der Waals surface area contributed by atoms with Gasteiger partial charge in [-0.05, 0) is 38.4 Å². The predicted molar refractivity (Wildman–Crippen MR) is 74.4 cm³/mol. The molecule has 4 heteroatoms. The molecule has 1 aromatic carbocycles. The van der Waals surface area contributed by atoms with E-state index in [2.05, 4.69) is 17.1 Å². The Bertz CT molecular complexity index is 419. The summed E-state index contributed by atoms with van der Waals surface area (Å²) in [6, 6.07) is 7.84. The molecule has 1 unspecified atom stereocenters. The van der Waals surface area contributed by atoms with E-state index in [0.717, 1.165) is 6.54 Å². The first-order chi connectivity index (χ1) is 8.66. The van der Waals surface area contributed by atoms with Crippen LogP contribution in [0.25, 0.3) is 0 Å². The molecule has 1 aromatic rings. The Labute approximate surface area is 108 Å². The highest BCUT2D eigenvalue weighted by Gasteiger charge is 2.20. The molecule has 1 fully saturated rings. The van der Waals surface area contributed by atoms with E-state index in [1.54, 1.807) is 6.07 Å². The third-order valence-electron chi connectivity index (χ3n) is 3.52. The molecule has 0 saturated carbocycles. The van der Waals surface area contributed by atoms with E-state index in [1.165, 1.54) is 19.3 Å². The van der Waals surface area contributed by atoms with Gasteiger partial charge in [-0.1, -0.05) is 18.6 Å². The molecule has 0 spiro atoms. The second-order valence-corrected chi connectivity index (χ2v) is 4.95. The molecule has 1 atom stereocenters. The summed E-state index contributed by atoms with van der Waals surface area (Å²) in [5, 5.41) is 2.87. The van der Waals surface area contributed by atoms with Gasteiger partial charge in [-0.15, -0.1) is 0 Å². The first-order valence-electron chi connectivity index (χ1n) is 6.55. The van der Waals surface area contributed by atoms with E-state index in [4.69, 9.17) is 5.73 Å². The molecule has 0 aliphatic carbocycles. The summed E-state index contributed by atoms with van der Waals surface area (Å²) in [7, 11) is 0. The minimum Gasteiger partial charge on any atom is -0.397 e. The largest absolute Gasteiger partial charge is 0.397 e. The minimum absolute atomic E-state index is 0.0154. The van der Waals surface area contributed by atoms with Crippen molar-refractivity contribution in [3.8, 4) is 0 Å². The molecule has 98 valence electrons. The zero-order valence-corrected chi connectivity index (χ0v) is 10.9. The molecule has 18 heavy (non-hydrogen) atoms. The van der Waals surface area contributed by atoms with Crippen LogP contribution in [0.4, 0.5) is 11.4 Å². The summed E-state index contributed by atoms with van der Waals surface area (Å²) < 4.78 is 0. The monoisotopic (exact) mass is 247 g/mol. The number of para-hydroxylation sites is 2. The molecule has 4 nitrogen and oxygen atoms in total. The number of nitrogens with two attached hydrogens (primary N) is 1. The highest BCUT2D eigenvalue weighted by Crippen LogP contribution is 2.18. The summed E-state index contributed by atoms with van der Waals surface area (Å²) in [6.07, 6.45) is 3.64. The number of rotatable bonds is 3. The number of likely N-dealkylation sites (tertiary alicyclic amines) is 1. The molecule has 1 aliphatic heterocycles. The Morgan fingerprint density at radius 3 is 2.94 bits per heavy atom. The van der Waals surface area contributed by atoms with Crippen LogP contribution in [0.2, 0.25) is 0 Å². The van der Waals surface area contributed by atoms with Crippen LogP contribution in [0.1, 0.15) is 26.2 Å². The second kappa shape index (κ2) is 5.87. The maximum atomic E-state index is 12.0. The number of carbonyl (C=O) groups is 1. The molecule has 0 radical (unpaired) electrons. The normalized spacial score (nSPS) is 20.6. The Kier molecular flexibility index (Phi) is 4.20. The van der Waals surface area contributed by atoms with E-state index in [9.17, 15) is 4.79 Å². The third-order valence-corrected chi connectivity index (χ3v) is 3.52. The lowest BCUT2D eigenvalue weighted by Gasteiger charge is -2.32. The number of piperidine rings is 1. The Morgan fingerprint density at radius 2 is 2.22 bits per heavy atom. The molecular formula is C14H21N3O. The van der Waals surface area contributed by atoms with Gasteiger partial charge in [0.05, 0.1) is 17.9 Å². The standard InChI is InChI=1S/C14H21N3O/c1-11-6-4-5-9-17(11)10-14(18)16-13-8-3-2-7-12(13)15/h2-3,7-8,11H,4-6,9-10,15H2,1H3,(H,16,18). The number of amides is 1. The van der Waals surface area contributed by atoms with Gasteiger partial charge in [-0.25, -0.2) is 0 Å². The number of nitrogens with zero attached hydrogens (tertiary/aromatic N) is 1. The summed E-state index contributed by atoms with van der Waals surface area (Å²) in [5.41, 5.74) is 7.11. The van der Waals surface area contributed by atoms with Gasteiger partial charge in [0.25, 0.3) is 0 Å². The number of hydrogen-bond donors (Lipinski definition) is 2. The molecule has 1 aliphatic rings. The fourth-order valence-corrected chi connectivity index (χ4v) is 2.38. The molecule has 3 N–H and O–H groups in total. The number of nitrogen functional groups attached to an aromatic ring is 1. The van der Waals surface area contributed by atoms with Crippen molar-refractivity contribution < 1.29 is 4.79 Å². The van der Waals surface area contributed by atoms with E-state index in [0.29, 0.717) is 24.0 Å². The average molecular weight is 247 g/mol. The summed E-state index contributed by atoms with van der Waals surface area (Å²) in [4.78, 5) is 14.2. The van der Waals surface area contributed by atoms with Gasteiger partial charge in [0.15, 0.2) is 0 Å². The van der Waals surface area contributed by atoms with Crippen molar-refractivity contribution >= 4 is 17.3 Å². The summed E-state index contributed by atoms with van der Waals surface area (Å²) in [6.45, 7) is 3.65. The van der Waals surface area contributed by atoms with Crippen LogP contribution < -0.4 is 11.1 Å². The van der Waals surface area contributed by atoms with Gasteiger partial charge >= 0.3 is 0 Å². The maximum absolute atomic E-state index is 12.0. The van der Waals surface area contributed by atoms with E-state index in [1.807, 2.05) is 18.2 Å². The van der Waals surface area contributed by atoms with Crippen molar-refractivity contribution in [1.82, 2.24) is 4.90 Å². The van der Waals surface area contributed by atoms with Crippen LogP contribution >= 0.6 is 0 Å². The number of anilines is 2. The minimum atomic E-state index is 0.0154. The van der Waals surface area contributed by atoms with Crippen molar-refractivity contribution in [2.24, 2.45) is 0 Å². The van der Waals surface area contributed by atoms with Gasteiger partial charge in [0, 0.05) is 6.04 Å². The van der Waals surface area contributed by atoms with Gasteiger partial charge < -0.3 is 11.1 Å². The van der Waals surface area contributed by atoms with Crippen molar-refractivity contribution in [3.05, 3.63) is 24.3 Å². The van der Waals surface area contributed by atoms with Crippen LogP contribution in [-0.2, 0) is 4.79 Å². The quantitative estimate of drug-likeness (QED) is 0.804. The zero-order chi connectivity index (χ0) is 13.0. The lowest BCUT2D eigenvalue weighted by atomic mass is 10.0. The average Bonchev–Trinajstić information content (AvgIpc) is 2.35. The Hall–Kier alpha value is -1.55. The molecule has 0 bridgehead atoms. The topological polar surface area (TPSA) is 58.4 Å². The van der Waals surface area contributed by atoms with Crippen LogP contribution in [0.3, 0.4) is 0 Å². The number of benzene rings is 1. The van der Waals surface area contributed by atoms with Gasteiger partial charge in [-0.2, -0.15) is 0 Å². The van der Waals surface area contributed by atoms with Crippen molar-refractivity contribution in [2.75, 3.05) is 24.1 Å². The van der Waals surface area contributed by atoms with Gasteiger partial charge in [-0.3, -0.25) is 9.69 Å². The Morgan fingerprint density at radius 1 is 1.44 bits per heavy atom. The highest BCUT2D eigenvalue weighted by molar-refractivity contribution is 5.95. The van der Waals surface area contributed by atoms with Gasteiger partial charge in [0.2, 0.25) is 5.91 Å². The van der Waals surface area contributed by atoms with Crippen LogP contribution in [0.5, 0.6) is 0 Å². The van der Waals surface area contributed by atoms with Crippen LogP contribution in [-0.4, -0.2) is 29.9 Å². The molecule has 1 heterocycles. The first kappa shape index (κ1) is 12.9. The number of hydrogen-bond acceptors (Lipinski definition) is 3. The zero-order valence-electron chi connectivity index (χ0n) is 10.9. The number of nitrogens with one attached hydrogen (secondary N) is 1. The van der Waals surface area contributed by atoms with Gasteiger partial charge in [0.1, 0.15) is 0 Å². The number of carbonyl (C=O) groups excluding carboxylic acids is 1. The van der Waals surface area contributed by atoms with E-state index >= 15 is 0 Å². The first-order valence-corrected chi connectivity index (χ1v) is 6.55. The lowest BCUT2D eigenvalue weighted by molar-refractivity contribution is -0.118. The molecule has 0 aromatic heterocycles. The van der Waals surface area contributed by atoms with E-state index in [-0.39, 0.29) is 5.91 Å². The molecule has 2 rings (SSSR count). The SMILES string of the molecule is CC1CCCCN1CC(=O)Nc1ccccc1N. The van der Waals surface area contributed by atoms with Crippen LogP contribution in [0, 0.1) is 0 Å². The summed E-state index contributed by atoms with van der Waals surface area (Å²) in [5.74, 6) is 0.0154. The van der Waals surface area contributed by atoms with Crippen LogP contribution in [0.15, 0.2) is 24.3 Å². The predicted octanol–water partition coefficient (Wildman–Crippen LogP) is 2.08. The van der Waals surface area contributed by atoms with Crippen molar-refractivity contribution in [1.29, 1.82) is 0 Å². The third kappa shape index (κ3) is 3.23. The molecule has 1 saturated heterocycles. The second-order valence-electron chi connectivity index (χ2n) is 4.95. The lowest BCUT2D eigenvalue weighted by Crippen LogP contribution is -2.42. The molecule has 1 amide bonds. The molecular weight excluding hydrogens is 226 g/mol. The van der Waals surface area contributed by atoms with Crippen molar-refractivity contribution in [2.45, 2.75) is 32.2 Å².